The van der Waals surface area contributed by atoms with Crippen molar-refractivity contribution in [2.75, 3.05) is 33.8 Å². The SMILES string of the molecule is CN(C[C@@H]1COc2ccccc2O1)C(=O)CCCN(C)S(=O)(=O)c1cccs1. The lowest BCUT2D eigenvalue weighted by molar-refractivity contribution is -0.131. The lowest BCUT2D eigenvalue weighted by Gasteiger charge is -2.29. The quantitative estimate of drug-likeness (QED) is 0.651. The molecule has 0 bridgehead atoms. The second kappa shape index (κ2) is 8.93. The van der Waals surface area contributed by atoms with Crippen molar-refractivity contribution in [1.82, 2.24) is 9.21 Å². The third-order valence-electron chi connectivity index (χ3n) is 4.49. The van der Waals surface area contributed by atoms with E-state index in [1.807, 2.05) is 24.3 Å². The van der Waals surface area contributed by atoms with E-state index in [1.54, 1.807) is 29.5 Å². The monoisotopic (exact) mass is 424 g/mol. The van der Waals surface area contributed by atoms with Gasteiger partial charge in [0.2, 0.25) is 5.91 Å². The van der Waals surface area contributed by atoms with Gasteiger partial charge in [0, 0.05) is 27.1 Å². The number of sulfonamides is 1. The van der Waals surface area contributed by atoms with Crippen LogP contribution in [0.4, 0.5) is 0 Å². The van der Waals surface area contributed by atoms with Crippen LogP contribution in [0.5, 0.6) is 11.5 Å². The van der Waals surface area contributed by atoms with Gasteiger partial charge in [-0.2, -0.15) is 0 Å². The molecule has 3 rings (SSSR count). The molecule has 1 amide bonds. The molecule has 152 valence electrons. The van der Waals surface area contributed by atoms with Crippen LogP contribution < -0.4 is 9.47 Å². The number of hydrogen-bond acceptors (Lipinski definition) is 6. The fourth-order valence-electron chi connectivity index (χ4n) is 2.89. The molecule has 0 unspecified atom stereocenters. The summed E-state index contributed by atoms with van der Waals surface area (Å²) >= 11 is 1.19. The van der Waals surface area contributed by atoms with Gasteiger partial charge in [0.15, 0.2) is 17.6 Å². The molecule has 1 aromatic carbocycles. The molecule has 1 aliphatic rings. The van der Waals surface area contributed by atoms with Crippen molar-refractivity contribution in [1.29, 1.82) is 0 Å². The highest BCUT2D eigenvalue weighted by molar-refractivity contribution is 7.91. The lowest BCUT2D eigenvalue weighted by atomic mass is 10.2. The Morgan fingerprint density at radius 2 is 1.93 bits per heavy atom. The fraction of sp³-hybridized carbons (Fsp3) is 0.421. The highest BCUT2D eigenvalue weighted by Gasteiger charge is 2.24. The van der Waals surface area contributed by atoms with Gasteiger partial charge in [0.05, 0.1) is 6.54 Å². The highest BCUT2D eigenvalue weighted by Crippen LogP contribution is 2.31. The highest BCUT2D eigenvalue weighted by atomic mass is 32.2. The number of rotatable bonds is 8. The molecular formula is C19H24N2O5S2. The first-order valence-corrected chi connectivity index (χ1v) is 11.3. The van der Waals surface area contributed by atoms with E-state index in [4.69, 9.17) is 9.47 Å². The van der Waals surface area contributed by atoms with Gasteiger partial charge in [-0.15, -0.1) is 11.3 Å². The van der Waals surface area contributed by atoms with Gasteiger partial charge in [-0.25, -0.2) is 12.7 Å². The minimum absolute atomic E-state index is 0.0515. The summed E-state index contributed by atoms with van der Waals surface area (Å²) in [6.45, 7) is 1.09. The van der Waals surface area contributed by atoms with Crippen molar-refractivity contribution in [3.63, 3.8) is 0 Å². The van der Waals surface area contributed by atoms with Crippen molar-refractivity contribution >= 4 is 27.3 Å². The maximum absolute atomic E-state index is 12.4. The summed E-state index contributed by atoms with van der Waals surface area (Å²) in [5, 5.41) is 1.73. The van der Waals surface area contributed by atoms with Crippen LogP contribution in [0.1, 0.15) is 12.8 Å². The van der Waals surface area contributed by atoms with Crippen molar-refractivity contribution in [3.05, 3.63) is 41.8 Å². The minimum atomic E-state index is -3.47. The largest absolute Gasteiger partial charge is 0.486 e. The number of ether oxygens (including phenoxy) is 2. The van der Waals surface area contributed by atoms with Crippen LogP contribution in [-0.2, 0) is 14.8 Å². The van der Waals surface area contributed by atoms with E-state index in [-0.39, 0.29) is 25.0 Å². The first kappa shape index (κ1) is 20.6. The smallest absolute Gasteiger partial charge is 0.252 e. The zero-order chi connectivity index (χ0) is 20.1. The molecule has 28 heavy (non-hydrogen) atoms. The number of thiophene rings is 1. The molecular weight excluding hydrogens is 400 g/mol. The second-order valence-electron chi connectivity index (χ2n) is 6.63. The van der Waals surface area contributed by atoms with Gasteiger partial charge in [0.25, 0.3) is 10.0 Å². The van der Waals surface area contributed by atoms with Crippen molar-refractivity contribution in [3.8, 4) is 11.5 Å². The molecule has 1 atom stereocenters. The number of hydrogen-bond donors (Lipinski definition) is 0. The van der Waals surface area contributed by atoms with Crippen LogP contribution in [0, 0.1) is 0 Å². The summed E-state index contributed by atoms with van der Waals surface area (Å²) in [6, 6.07) is 10.7. The molecule has 9 heteroatoms. The van der Waals surface area contributed by atoms with Gasteiger partial charge >= 0.3 is 0 Å². The Morgan fingerprint density at radius 3 is 2.64 bits per heavy atom. The number of likely N-dealkylation sites (N-methyl/N-ethyl adjacent to an activating group) is 1. The predicted molar refractivity (Wildman–Crippen MR) is 107 cm³/mol. The van der Waals surface area contributed by atoms with E-state index in [2.05, 4.69) is 0 Å². The normalized spacial score (nSPS) is 16.2. The van der Waals surface area contributed by atoms with E-state index in [1.165, 1.54) is 22.7 Å². The van der Waals surface area contributed by atoms with Crippen molar-refractivity contribution < 1.29 is 22.7 Å². The van der Waals surface area contributed by atoms with E-state index < -0.39 is 10.0 Å². The molecule has 0 spiro atoms. The van der Waals surface area contributed by atoms with E-state index in [9.17, 15) is 13.2 Å². The Kier molecular flexibility index (Phi) is 6.58. The van der Waals surface area contributed by atoms with Crippen LogP contribution in [0.25, 0.3) is 0 Å². The summed E-state index contributed by atoms with van der Waals surface area (Å²) in [5.74, 6) is 1.34. The minimum Gasteiger partial charge on any atom is -0.486 e. The molecule has 2 aromatic rings. The van der Waals surface area contributed by atoms with Gasteiger partial charge in [0.1, 0.15) is 10.8 Å². The Bertz CT molecular complexity index is 899. The third-order valence-corrected chi connectivity index (χ3v) is 7.72. The molecule has 7 nitrogen and oxygen atoms in total. The number of nitrogens with zero attached hydrogens (tertiary/aromatic N) is 2. The van der Waals surface area contributed by atoms with Crippen LogP contribution in [0.2, 0.25) is 0 Å². The molecule has 0 saturated heterocycles. The first-order chi connectivity index (χ1) is 13.4. The number of carbonyl (C=O) groups excluding carboxylic acids is 1. The summed E-state index contributed by atoms with van der Waals surface area (Å²) in [5.41, 5.74) is 0. The molecule has 0 fully saturated rings. The summed E-state index contributed by atoms with van der Waals surface area (Å²) in [4.78, 5) is 14.0. The summed E-state index contributed by atoms with van der Waals surface area (Å²) in [7, 11) is -0.218. The standard InChI is InChI=1S/C19H24N2O5S2/c1-20(13-15-14-25-16-7-3-4-8-17(16)26-15)18(22)9-5-11-21(2)28(23,24)19-10-6-12-27-19/h3-4,6-8,10,12,15H,5,9,11,13-14H2,1-2H3/t15-/m1/s1. The summed E-state index contributed by atoms with van der Waals surface area (Å²) < 4.78 is 37.9. The lowest BCUT2D eigenvalue weighted by Crippen LogP contribution is -2.42. The fourth-order valence-corrected chi connectivity index (χ4v) is 5.30. The number of para-hydroxylation sites is 2. The van der Waals surface area contributed by atoms with Crippen LogP contribution in [-0.4, -0.2) is 63.4 Å². The number of benzene rings is 1. The average molecular weight is 425 g/mol. The molecule has 1 aromatic heterocycles. The van der Waals surface area contributed by atoms with Gasteiger partial charge in [-0.3, -0.25) is 4.79 Å². The van der Waals surface area contributed by atoms with Gasteiger partial charge < -0.3 is 14.4 Å². The second-order valence-corrected chi connectivity index (χ2v) is 9.85. The molecule has 1 aliphatic heterocycles. The maximum Gasteiger partial charge on any atom is 0.252 e. The van der Waals surface area contributed by atoms with Crippen LogP contribution in [0.3, 0.4) is 0 Å². The predicted octanol–water partition coefficient (Wildman–Crippen LogP) is 2.45. The van der Waals surface area contributed by atoms with E-state index in [0.717, 1.165) is 0 Å². The third kappa shape index (κ3) is 4.84. The Labute approximate surface area is 169 Å². The van der Waals surface area contributed by atoms with E-state index in [0.29, 0.717) is 35.3 Å². The zero-order valence-electron chi connectivity index (χ0n) is 15.9. The Morgan fingerprint density at radius 1 is 1.18 bits per heavy atom. The Hall–Kier alpha value is -2.10. The number of amides is 1. The molecule has 0 radical (unpaired) electrons. The van der Waals surface area contributed by atoms with Crippen LogP contribution in [0.15, 0.2) is 46.0 Å². The zero-order valence-corrected chi connectivity index (χ0v) is 17.5. The molecule has 0 aliphatic carbocycles. The first-order valence-electron chi connectivity index (χ1n) is 9.00. The average Bonchev–Trinajstić information content (AvgIpc) is 3.23. The van der Waals surface area contributed by atoms with Crippen molar-refractivity contribution in [2.24, 2.45) is 0 Å². The maximum atomic E-state index is 12.4. The van der Waals surface area contributed by atoms with E-state index >= 15 is 0 Å². The number of carbonyl (C=O) groups is 1. The van der Waals surface area contributed by atoms with Gasteiger partial charge in [-0.05, 0) is 30.0 Å². The summed E-state index contributed by atoms with van der Waals surface area (Å²) in [6.07, 6.45) is 0.492. The van der Waals surface area contributed by atoms with Crippen LogP contribution >= 0.6 is 11.3 Å². The Balaban J connectivity index is 1.44. The van der Waals surface area contributed by atoms with Crippen molar-refractivity contribution in [2.45, 2.75) is 23.2 Å². The molecule has 0 saturated carbocycles. The van der Waals surface area contributed by atoms with Gasteiger partial charge in [-0.1, -0.05) is 18.2 Å². The number of fused-ring (bicyclic) bond motifs is 1. The molecule has 0 N–H and O–H groups in total. The molecule has 2 heterocycles. The topological polar surface area (TPSA) is 76.2 Å².